The molecule has 1 aromatic carbocycles. The number of aromatic nitrogens is 2. The largest absolute Gasteiger partial charge is 0.573 e. The molecule has 2 aromatic rings. The zero-order chi connectivity index (χ0) is 14.8. The molecule has 1 heterocycles. The number of hydrogen-bond acceptors (Lipinski definition) is 4. The third-order valence-corrected chi connectivity index (χ3v) is 2.99. The van der Waals surface area contributed by atoms with Crippen molar-refractivity contribution in [3.8, 4) is 17.4 Å². The van der Waals surface area contributed by atoms with Crippen molar-refractivity contribution in [1.82, 2.24) is 9.97 Å². The van der Waals surface area contributed by atoms with E-state index in [0.29, 0.717) is 0 Å². The van der Waals surface area contributed by atoms with Crippen LogP contribution in [0.3, 0.4) is 0 Å². The fourth-order valence-electron chi connectivity index (χ4n) is 1.26. The molecule has 0 aliphatic rings. The summed E-state index contributed by atoms with van der Waals surface area (Å²) in [4.78, 5) is 17.5. The summed E-state index contributed by atoms with van der Waals surface area (Å²) in [5.74, 6) is -0.0622. The van der Waals surface area contributed by atoms with E-state index in [2.05, 4.69) is 14.7 Å². The summed E-state index contributed by atoms with van der Waals surface area (Å²) >= 11 is 1.75. The van der Waals surface area contributed by atoms with Crippen LogP contribution in [0.25, 0.3) is 0 Å². The van der Waals surface area contributed by atoms with E-state index >= 15 is 0 Å². The molecule has 5 nitrogen and oxygen atoms in total. The molecule has 1 N–H and O–H groups in total. The summed E-state index contributed by atoms with van der Waals surface area (Å²) in [5.41, 5.74) is -0.368. The lowest BCUT2D eigenvalue weighted by atomic mass is 10.3. The van der Waals surface area contributed by atoms with Crippen LogP contribution in [-0.4, -0.2) is 16.3 Å². The maximum Gasteiger partial charge on any atom is 0.573 e. The number of H-pyrrole nitrogens is 1. The van der Waals surface area contributed by atoms with Crippen molar-refractivity contribution in [3.63, 3.8) is 0 Å². The molecular formula is C11H6F3IN2O3. The highest BCUT2D eigenvalue weighted by Crippen LogP contribution is 2.27. The van der Waals surface area contributed by atoms with Gasteiger partial charge in [0.15, 0.2) is 0 Å². The van der Waals surface area contributed by atoms with Crippen molar-refractivity contribution in [2.45, 2.75) is 6.36 Å². The number of nitrogens with one attached hydrogen (secondary N) is 1. The lowest BCUT2D eigenvalue weighted by Gasteiger charge is -2.09. The maximum atomic E-state index is 12.0. The zero-order valence-corrected chi connectivity index (χ0v) is 11.7. The average Bonchev–Trinajstić information content (AvgIpc) is 2.35. The number of rotatable bonds is 3. The molecule has 9 heteroatoms. The summed E-state index contributed by atoms with van der Waals surface area (Å²) in [7, 11) is 0. The number of benzene rings is 1. The van der Waals surface area contributed by atoms with E-state index in [9.17, 15) is 18.0 Å². The molecule has 0 amide bonds. The highest BCUT2D eigenvalue weighted by Gasteiger charge is 2.30. The molecule has 0 fully saturated rings. The summed E-state index contributed by atoms with van der Waals surface area (Å²) < 4.78 is 45.2. The van der Waals surface area contributed by atoms with Crippen LogP contribution in [0.2, 0.25) is 0 Å². The smallest absolute Gasteiger partial charge is 0.438 e. The molecule has 0 saturated carbocycles. The lowest BCUT2D eigenvalue weighted by Crippen LogP contribution is -2.16. The third kappa shape index (κ3) is 3.85. The number of aromatic amines is 1. The van der Waals surface area contributed by atoms with E-state index in [1.54, 1.807) is 22.6 Å². The first-order chi connectivity index (χ1) is 9.35. The van der Waals surface area contributed by atoms with Crippen LogP contribution in [0.15, 0.2) is 35.4 Å². The average molecular weight is 398 g/mol. The summed E-state index contributed by atoms with van der Waals surface area (Å²) in [6.07, 6.45) is -3.58. The topological polar surface area (TPSA) is 64.2 Å². The number of halogens is 4. The van der Waals surface area contributed by atoms with Crippen LogP contribution >= 0.6 is 22.6 Å². The molecule has 0 atom stereocenters. The van der Waals surface area contributed by atoms with Gasteiger partial charge in [0.05, 0.1) is 6.33 Å². The molecule has 0 bridgehead atoms. The lowest BCUT2D eigenvalue weighted by molar-refractivity contribution is -0.274. The SMILES string of the molecule is O=c1[nH]cnc(Oc2ccc(OC(F)(F)F)cc2)c1I. The van der Waals surface area contributed by atoms with E-state index in [1.165, 1.54) is 18.5 Å². The number of nitrogens with zero attached hydrogens (tertiary/aromatic N) is 1. The van der Waals surface area contributed by atoms with Gasteiger partial charge >= 0.3 is 6.36 Å². The number of ether oxygens (including phenoxy) is 2. The highest BCUT2D eigenvalue weighted by atomic mass is 127. The van der Waals surface area contributed by atoms with Crippen LogP contribution in [0.4, 0.5) is 13.2 Å². The van der Waals surface area contributed by atoms with Gasteiger partial charge in [-0.15, -0.1) is 13.2 Å². The van der Waals surface area contributed by atoms with E-state index in [1.807, 2.05) is 0 Å². The number of hydrogen-bond donors (Lipinski definition) is 1. The Labute approximate surface area is 123 Å². The molecule has 0 aliphatic heterocycles. The van der Waals surface area contributed by atoms with Crippen molar-refractivity contribution in [2.75, 3.05) is 0 Å². The molecule has 0 radical (unpaired) electrons. The first kappa shape index (κ1) is 14.6. The fourth-order valence-corrected chi connectivity index (χ4v) is 1.66. The summed E-state index contributed by atoms with van der Waals surface area (Å²) in [6, 6.07) is 4.76. The number of alkyl halides is 3. The van der Waals surface area contributed by atoms with E-state index in [-0.39, 0.29) is 26.5 Å². The van der Waals surface area contributed by atoms with Gasteiger partial charge in [0.2, 0.25) is 5.88 Å². The minimum Gasteiger partial charge on any atom is -0.438 e. The van der Waals surface area contributed by atoms with Gasteiger partial charge in [0.1, 0.15) is 15.1 Å². The van der Waals surface area contributed by atoms with E-state index in [0.717, 1.165) is 12.1 Å². The van der Waals surface area contributed by atoms with Crippen LogP contribution in [0.5, 0.6) is 17.4 Å². The minimum absolute atomic E-state index is 0.0684. The molecule has 0 spiro atoms. The van der Waals surface area contributed by atoms with Crippen LogP contribution in [0, 0.1) is 3.57 Å². The van der Waals surface area contributed by atoms with Gasteiger partial charge in [0.25, 0.3) is 5.56 Å². The molecule has 106 valence electrons. The van der Waals surface area contributed by atoms with Gasteiger partial charge in [-0.05, 0) is 46.9 Å². The van der Waals surface area contributed by atoms with Gasteiger partial charge in [-0.25, -0.2) is 4.98 Å². The second-order valence-electron chi connectivity index (χ2n) is 3.47. The Kier molecular flexibility index (Phi) is 4.16. The van der Waals surface area contributed by atoms with Gasteiger partial charge in [0, 0.05) is 0 Å². The second kappa shape index (κ2) is 5.69. The summed E-state index contributed by atoms with van der Waals surface area (Å²) in [6.45, 7) is 0. The van der Waals surface area contributed by atoms with Gasteiger partial charge in [-0.3, -0.25) is 4.79 Å². The first-order valence-electron chi connectivity index (χ1n) is 5.12. The van der Waals surface area contributed by atoms with Crippen LogP contribution in [-0.2, 0) is 0 Å². The first-order valence-corrected chi connectivity index (χ1v) is 6.20. The molecule has 1 aromatic heterocycles. The third-order valence-electron chi connectivity index (χ3n) is 2.04. The van der Waals surface area contributed by atoms with E-state index in [4.69, 9.17) is 4.74 Å². The van der Waals surface area contributed by atoms with Crippen LogP contribution in [0.1, 0.15) is 0 Å². The highest BCUT2D eigenvalue weighted by molar-refractivity contribution is 14.1. The van der Waals surface area contributed by atoms with Crippen molar-refractivity contribution in [1.29, 1.82) is 0 Å². The maximum absolute atomic E-state index is 12.0. The van der Waals surface area contributed by atoms with Gasteiger partial charge < -0.3 is 14.5 Å². The normalized spacial score (nSPS) is 11.2. The standard InChI is InChI=1S/C11H6F3IN2O3/c12-11(13,14)20-7-3-1-6(2-4-7)19-10-8(15)9(18)16-5-17-10/h1-5H,(H,16,17,18). The van der Waals surface area contributed by atoms with Crippen molar-refractivity contribution >= 4 is 22.6 Å². The summed E-state index contributed by atoms with van der Waals surface area (Å²) in [5, 5.41) is 0. The molecule has 2 rings (SSSR count). The molecule has 0 saturated heterocycles. The predicted molar refractivity (Wildman–Crippen MR) is 70.8 cm³/mol. The second-order valence-corrected chi connectivity index (χ2v) is 4.55. The van der Waals surface area contributed by atoms with Crippen molar-refractivity contribution in [2.24, 2.45) is 0 Å². The fraction of sp³-hybridized carbons (Fsp3) is 0.0909. The Morgan fingerprint density at radius 3 is 2.35 bits per heavy atom. The Hall–Kier alpha value is -1.78. The van der Waals surface area contributed by atoms with E-state index < -0.39 is 6.36 Å². The van der Waals surface area contributed by atoms with Crippen molar-refractivity contribution < 1.29 is 22.6 Å². The Morgan fingerprint density at radius 2 is 1.75 bits per heavy atom. The Morgan fingerprint density at radius 1 is 1.15 bits per heavy atom. The van der Waals surface area contributed by atoms with Crippen molar-refractivity contribution in [3.05, 3.63) is 44.5 Å². The van der Waals surface area contributed by atoms with Gasteiger partial charge in [-0.2, -0.15) is 0 Å². The minimum atomic E-state index is -4.74. The predicted octanol–water partition coefficient (Wildman–Crippen LogP) is 3.07. The van der Waals surface area contributed by atoms with Gasteiger partial charge in [-0.1, -0.05) is 0 Å². The quantitative estimate of drug-likeness (QED) is 0.808. The zero-order valence-electron chi connectivity index (χ0n) is 9.57. The molecule has 0 unspecified atom stereocenters. The Bertz CT molecular complexity index is 655. The van der Waals surface area contributed by atoms with Crippen LogP contribution < -0.4 is 15.0 Å². The molecule has 0 aliphatic carbocycles. The molecule has 20 heavy (non-hydrogen) atoms. The molecular weight excluding hydrogens is 392 g/mol. The monoisotopic (exact) mass is 398 g/mol. The Balaban J connectivity index is 2.15.